The smallest absolute Gasteiger partial charge is 0.243 e. The second-order valence-corrected chi connectivity index (χ2v) is 11.1. The normalized spacial score (nSPS) is 21.9. The topological polar surface area (TPSA) is 122 Å². The van der Waals surface area contributed by atoms with E-state index in [9.17, 15) is 10.1 Å². The van der Waals surface area contributed by atoms with Crippen molar-refractivity contribution < 1.29 is 19.0 Å². The van der Waals surface area contributed by atoms with E-state index < -0.39 is 5.41 Å². The summed E-state index contributed by atoms with van der Waals surface area (Å²) in [6.45, 7) is 7.42. The number of methoxy groups -OCH3 is 2. The Bertz CT molecular complexity index is 1530. The molecule has 1 aromatic carbocycles. The highest BCUT2D eigenvalue weighted by molar-refractivity contribution is 6.41. The summed E-state index contributed by atoms with van der Waals surface area (Å²) in [5.74, 6) is 1.81. The number of halogens is 2. The van der Waals surface area contributed by atoms with Gasteiger partial charge in [-0.3, -0.25) is 4.79 Å². The van der Waals surface area contributed by atoms with Gasteiger partial charge < -0.3 is 29.7 Å². The van der Waals surface area contributed by atoms with Crippen LogP contribution in [0.5, 0.6) is 11.5 Å². The summed E-state index contributed by atoms with van der Waals surface area (Å²) >= 11 is 13.5. The van der Waals surface area contributed by atoms with Gasteiger partial charge in [0, 0.05) is 41.7 Å². The predicted octanol–water partition coefficient (Wildman–Crippen LogP) is 4.84. The van der Waals surface area contributed by atoms with Crippen molar-refractivity contribution in [3.05, 3.63) is 47.1 Å². The molecular weight excluding hydrogens is 567 g/mol. The molecule has 4 heterocycles. The number of benzene rings is 1. The first kappa shape index (κ1) is 28.7. The van der Waals surface area contributed by atoms with E-state index in [-0.39, 0.29) is 18.0 Å². The third-order valence-corrected chi connectivity index (χ3v) is 8.24. The van der Waals surface area contributed by atoms with Gasteiger partial charge in [0.15, 0.2) is 0 Å². The average molecular weight is 598 g/mol. The number of carbonyl (C=O) groups excluding carboxylic acids is 1. The Morgan fingerprint density at radius 2 is 1.93 bits per heavy atom. The van der Waals surface area contributed by atoms with Crippen molar-refractivity contribution in [1.29, 1.82) is 5.26 Å². The zero-order valence-corrected chi connectivity index (χ0v) is 24.5. The van der Waals surface area contributed by atoms with Crippen molar-refractivity contribution >= 4 is 51.5 Å². The molecule has 2 N–H and O–H groups in total. The van der Waals surface area contributed by atoms with Gasteiger partial charge in [-0.25, -0.2) is 9.97 Å². The van der Waals surface area contributed by atoms with E-state index in [1.165, 1.54) is 20.3 Å². The van der Waals surface area contributed by atoms with Crippen LogP contribution < -0.4 is 25.0 Å². The van der Waals surface area contributed by atoms with E-state index in [0.717, 1.165) is 10.8 Å². The van der Waals surface area contributed by atoms with E-state index in [0.29, 0.717) is 77.2 Å². The van der Waals surface area contributed by atoms with Gasteiger partial charge in [0.2, 0.25) is 5.91 Å². The molecule has 2 aliphatic heterocycles. The molecule has 214 valence electrons. The van der Waals surface area contributed by atoms with Crippen LogP contribution in [0.2, 0.25) is 10.0 Å². The monoisotopic (exact) mass is 596 g/mol. The van der Waals surface area contributed by atoms with Gasteiger partial charge in [-0.1, -0.05) is 29.8 Å². The summed E-state index contributed by atoms with van der Waals surface area (Å²) < 4.78 is 16.6. The third-order valence-electron chi connectivity index (χ3n) is 7.49. The number of nitriles is 1. The lowest BCUT2D eigenvalue weighted by molar-refractivity contribution is -0.117. The number of ether oxygens (including phenoxy) is 3. The van der Waals surface area contributed by atoms with Crippen LogP contribution in [0.25, 0.3) is 22.0 Å². The Labute approximate surface area is 248 Å². The second kappa shape index (κ2) is 11.6. The van der Waals surface area contributed by atoms with Crippen molar-refractivity contribution in [2.24, 2.45) is 5.41 Å². The van der Waals surface area contributed by atoms with Crippen LogP contribution in [0, 0.1) is 16.7 Å². The third kappa shape index (κ3) is 5.58. The number of nitrogens with zero attached hydrogens (tertiary/aromatic N) is 4. The van der Waals surface area contributed by atoms with Gasteiger partial charge in [0.05, 0.1) is 66.7 Å². The molecule has 41 heavy (non-hydrogen) atoms. The van der Waals surface area contributed by atoms with Gasteiger partial charge in [-0.05, 0) is 31.6 Å². The van der Waals surface area contributed by atoms with Crippen LogP contribution in [0.1, 0.15) is 13.3 Å². The number of anilines is 2. The van der Waals surface area contributed by atoms with Gasteiger partial charge >= 0.3 is 0 Å². The number of pyridine rings is 2. The molecule has 0 radical (unpaired) electrons. The first-order valence-electron chi connectivity index (χ1n) is 13.0. The maximum atomic E-state index is 11.9. The van der Waals surface area contributed by atoms with Crippen LogP contribution in [0.3, 0.4) is 0 Å². The fraction of sp³-hybridized carbons (Fsp3) is 0.379. The van der Waals surface area contributed by atoms with Crippen molar-refractivity contribution in [2.75, 3.05) is 50.7 Å². The van der Waals surface area contributed by atoms with Crippen LogP contribution >= 0.6 is 23.2 Å². The standard InChI is InChI=1S/C29H30Cl2N6O4/c1-5-24(38)35-20-13-41-12-19(20)34-23-9-17-16(11-33-23)8-18(36-28(17)37-7-6-29(2,14-32)15-37)25-26(30)21(39-3)10-22(40-4)27(25)31/h5,8-11,19-20H,1,6-7,12-13,15H2,2-4H3,(H,33,34)(H,35,38)/t19-,20+,29?/m1/s1. The summed E-state index contributed by atoms with van der Waals surface area (Å²) in [4.78, 5) is 23.7. The SMILES string of the molecule is C=CC(=O)N[C@H]1COC[C@H]1Nc1cc2c(N3CCC(C)(C#N)C3)nc(-c3c(Cl)c(OC)cc(OC)c3Cl)cc2cn1. The molecule has 3 atom stereocenters. The highest BCUT2D eigenvalue weighted by atomic mass is 35.5. The van der Waals surface area contributed by atoms with Crippen LogP contribution in [0.4, 0.5) is 11.6 Å². The summed E-state index contributed by atoms with van der Waals surface area (Å²) in [5, 5.41) is 18.3. The number of aromatic nitrogens is 2. The Hall–Kier alpha value is -3.78. The zero-order valence-electron chi connectivity index (χ0n) is 23.0. The van der Waals surface area contributed by atoms with Crippen LogP contribution in [0.15, 0.2) is 37.1 Å². The minimum Gasteiger partial charge on any atom is -0.495 e. The lowest BCUT2D eigenvalue weighted by Crippen LogP contribution is -2.45. The fourth-order valence-corrected chi connectivity index (χ4v) is 5.88. The van der Waals surface area contributed by atoms with Gasteiger partial charge in [0.25, 0.3) is 0 Å². The van der Waals surface area contributed by atoms with Crippen LogP contribution in [-0.2, 0) is 9.53 Å². The summed E-state index contributed by atoms with van der Waals surface area (Å²) in [6.07, 6.45) is 3.69. The van der Waals surface area contributed by atoms with Gasteiger partial charge in [0.1, 0.15) is 23.1 Å². The maximum absolute atomic E-state index is 11.9. The molecule has 0 bridgehead atoms. The van der Waals surface area contributed by atoms with E-state index in [2.05, 4.69) is 33.2 Å². The van der Waals surface area contributed by atoms with E-state index >= 15 is 0 Å². The molecule has 1 amide bonds. The minimum absolute atomic E-state index is 0.185. The molecule has 12 heteroatoms. The summed E-state index contributed by atoms with van der Waals surface area (Å²) in [5.41, 5.74) is 0.481. The lowest BCUT2D eigenvalue weighted by Gasteiger charge is -2.24. The largest absolute Gasteiger partial charge is 0.495 e. The number of nitrogens with one attached hydrogen (secondary N) is 2. The van der Waals surface area contributed by atoms with Crippen molar-refractivity contribution in [1.82, 2.24) is 15.3 Å². The Morgan fingerprint density at radius 3 is 2.56 bits per heavy atom. The molecule has 5 rings (SSSR count). The highest BCUT2D eigenvalue weighted by Crippen LogP contribution is 2.47. The molecule has 2 fully saturated rings. The summed E-state index contributed by atoms with van der Waals surface area (Å²) in [7, 11) is 3.04. The molecule has 10 nitrogen and oxygen atoms in total. The molecule has 1 unspecified atom stereocenters. The van der Waals surface area contributed by atoms with Gasteiger partial charge in [-0.2, -0.15) is 5.26 Å². The first-order chi connectivity index (χ1) is 19.7. The molecule has 2 aromatic heterocycles. The zero-order chi connectivity index (χ0) is 29.3. The second-order valence-electron chi connectivity index (χ2n) is 10.4. The molecule has 3 aromatic rings. The van der Waals surface area contributed by atoms with Crippen molar-refractivity contribution in [2.45, 2.75) is 25.4 Å². The van der Waals surface area contributed by atoms with E-state index in [4.69, 9.17) is 42.4 Å². The number of fused-ring (bicyclic) bond motifs is 1. The predicted molar refractivity (Wildman–Crippen MR) is 159 cm³/mol. The van der Waals surface area contributed by atoms with Gasteiger partial charge in [-0.15, -0.1) is 0 Å². The minimum atomic E-state index is -0.510. The quantitative estimate of drug-likeness (QED) is 0.351. The fourth-order valence-electron chi connectivity index (χ4n) is 5.19. The maximum Gasteiger partial charge on any atom is 0.243 e. The Balaban J connectivity index is 1.61. The van der Waals surface area contributed by atoms with Crippen molar-refractivity contribution in [3.8, 4) is 28.8 Å². The average Bonchev–Trinajstić information content (AvgIpc) is 3.59. The Kier molecular flexibility index (Phi) is 8.13. The van der Waals surface area contributed by atoms with E-state index in [1.54, 1.807) is 12.3 Å². The number of amides is 1. The Morgan fingerprint density at radius 1 is 1.22 bits per heavy atom. The van der Waals surface area contributed by atoms with Crippen molar-refractivity contribution in [3.63, 3.8) is 0 Å². The molecule has 0 aliphatic carbocycles. The van der Waals surface area contributed by atoms with Crippen LogP contribution in [-0.4, -0.2) is 68.5 Å². The highest BCUT2D eigenvalue weighted by Gasteiger charge is 2.36. The first-order valence-corrected chi connectivity index (χ1v) is 13.8. The molecular formula is C29H30Cl2N6O4. The lowest BCUT2D eigenvalue weighted by atomic mass is 9.92. The van der Waals surface area contributed by atoms with E-state index in [1.807, 2.05) is 19.1 Å². The number of carbonyl (C=O) groups is 1. The molecule has 2 saturated heterocycles. The molecule has 2 aliphatic rings. The number of rotatable bonds is 8. The number of hydrogen-bond donors (Lipinski definition) is 2. The number of hydrogen-bond acceptors (Lipinski definition) is 9. The molecule has 0 saturated carbocycles. The summed E-state index contributed by atoms with van der Waals surface area (Å²) in [6, 6.07) is 7.44. The molecule has 0 spiro atoms.